The second-order valence-corrected chi connectivity index (χ2v) is 10.3. The van der Waals surface area contributed by atoms with Crippen LogP contribution in [-0.2, 0) is 29.8 Å². The van der Waals surface area contributed by atoms with E-state index in [-0.39, 0.29) is 30.4 Å². The van der Waals surface area contributed by atoms with E-state index in [1.165, 1.54) is 4.31 Å². The van der Waals surface area contributed by atoms with Crippen molar-refractivity contribution in [2.45, 2.75) is 43.4 Å². The third-order valence-electron chi connectivity index (χ3n) is 6.48. The summed E-state index contributed by atoms with van der Waals surface area (Å²) in [6, 6.07) is 14.2. The van der Waals surface area contributed by atoms with E-state index in [4.69, 9.17) is 4.74 Å². The number of benzene rings is 2. The summed E-state index contributed by atoms with van der Waals surface area (Å²) in [5, 5.41) is 0. The zero-order chi connectivity index (χ0) is 23.8. The summed E-state index contributed by atoms with van der Waals surface area (Å²) in [6.45, 7) is 3.88. The Kier molecular flexibility index (Phi) is 6.05. The first-order valence-electron chi connectivity index (χ1n) is 11.0. The van der Waals surface area contributed by atoms with Crippen LogP contribution in [0.2, 0.25) is 0 Å². The van der Waals surface area contributed by atoms with Crippen molar-refractivity contribution in [1.82, 2.24) is 4.31 Å². The highest BCUT2D eigenvalue weighted by Gasteiger charge is 2.50. The van der Waals surface area contributed by atoms with Crippen LogP contribution in [0, 0.1) is 6.92 Å². The number of nitrogens with zero attached hydrogens (tertiary/aromatic N) is 2. The van der Waals surface area contributed by atoms with E-state index in [1.54, 1.807) is 49.2 Å². The van der Waals surface area contributed by atoms with Gasteiger partial charge in [0.15, 0.2) is 0 Å². The minimum absolute atomic E-state index is 0.0648. The molecule has 1 unspecified atom stereocenters. The molecule has 174 valence electrons. The first-order chi connectivity index (χ1) is 15.7. The lowest BCUT2D eigenvalue weighted by Crippen LogP contribution is -2.40. The molecule has 0 saturated heterocycles. The zero-order valence-electron chi connectivity index (χ0n) is 19.1. The summed E-state index contributed by atoms with van der Waals surface area (Å²) in [5.74, 6) is -0.566. The van der Waals surface area contributed by atoms with Crippen molar-refractivity contribution in [2.24, 2.45) is 0 Å². The number of amides is 1. The number of ether oxygens (including phenoxy) is 1. The van der Waals surface area contributed by atoms with Crippen molar-refractivity contribution in [2.75, 3.05) is 25.1 Å². The van der Waals surface area contributed by atoms with Gasteiger partial charge in [-0.3, -0.25) is 13.9 Å². The molecule has 33 heavy (non-hydrogen) atoms. The molecular weight excluding hydrogens is 440 g/mol. The molecule has 1 amide bonds. The van der Waals surface area contributed by atoms with Gasteiger partial charge in [0.2, 0.25) is 5.91 Å². The number of likely N-dealkylation sites (N-methyl/N-ethyl adjacent to an activating group) is 1. The standard InChI is InChI=1S/C25H28N2O5S/c1-4-32-23(28)17-19-13-14-25(21-7-5-6-8-22(21)26(3)24(25)29)15-16-27(19)33(30,31)20-11-9-18(2)10-12-20/h5-13H,4,14-17H2,1-3H3. The van der Waals surface area contributed by atoms with Crippen LogP contribution in [0.25, 0.3) is 0 Å². The van der Waals surface area contributed by atoms with Gasteiger partial charge in [0.05, 0.1) is 23.3 Å². The Bertz CT molecular complexity index is 1220. The summed E-state index contributed by atoms with van der Waals surface area (Å²) in [5.41, 5.74) is 2.13. The van der Waals surface area contributed by atoms with Crippen molar-refractivity contribution in [3.63, 3.8) is 0 Å². The van der Waals surface area contributed by atoms with Crippen LogP contribution in [0.5, 0.6) is 0 Å². The molecule has 2 heterocycles. The SMILES string of the molecule is CCOC(=O)CC1=CCC2(CCN1S(=O)(=O)c1ccc(C)cc1)C(=O)N(C)c1ccccc12. The summed E-state index contributed by atoms with van der Waals surface area (Å²) in [7, 11) is -2.19. The maximum absolute atomic E-state index is 13.6. The summed E-state index contributed by atoms with van der Waals surface area (Å²) in [6.07, 6.45) is 2.16. The smallest absolute Gasteiger partial charge is 0.311 e. The van der Waals surface area contributed by atoms with E-state index in [1.807, 2.05) is 31.2 Å². The van der Waals surface area contributed by atoms with Gasteiger partial charge in [0, 0.05) is 25.0 Å². The molecule has 0 N–H and O–H groups in total. The molecule has 2 aromatic carbocycles. The molecule has 0 aliphatic carbocycles. The van der Waals surface area contributed by atoms with E-state index in [9.17, 15) is 18.0 Å². The molecule has 1 spiro atoms. The number of anilines is 1. The molecule has 1 atom stereocenters. The van der Waals surface area contributed by atoms with Crippen LogP contribution in [0.3, 0.4) is 0 Å². The second kappa shape index (κ2) is 8.67. The fourth-order valence-corrected chi connectivity index (χ4v) is 6.23. The molecule has 2 aliphatic heterocycles. The molecule has 8 heteroatoms. The molecule has 0 bridgehead atoms. The minimum atomic E-state index is -3.93. The Morgan fingerprint density at radius 3 is 2.52 bits per heavy atom. The highest BCUT2D eigenvalue weighted by atomic mass is 32.2. The van der Waals surface area contributed by atoms with Gasteiger partial charge in [0.25, 0.3) is 10.0 Å². The summed E-state index contributed by atoms with van der Waals surface area (Å²) in [4.78, 5) is 27.6. The fourth-order valence-electron chi connectivity index (χ4n) is 4.72. The number of allylic oxidation sites excluding steroid dienone is 1. The Labute approximate surface area is 194 Å². The molecule has 0 saturated carbocycles. The third kappa shape index (κ3) is 3.93. The number of hydrogen-bond acceptors (Lipinski definition) is 5. The maximum atomic E-state index is 13.6. The van der Waals surface area contributed by atoms with Crippen molar-refractivity contribution >= 4 is 27.6 Å². The monoisotopic (exact) mass is 468 g/mol. The normalized spacial score (nSPS) is 20.5. The van der Waals surface area contributed by atoms with E-state index >= 15 is 0 Å². The predicted molar refractivity (Wildman–Crippen MR) is 125 cm³/mol. The lowest BCUT2D eigenvalue weighted by Gasteiger charge is -2.28. The van der Waals surface area contributed by atoms with Crippen molar-refractivity contribution in [3.8, 4) is 0 Å². The van der Waals surface area contributed by atoms with E-state index in [2.05, 4.69) is 0 Å². The van der Waals surface area contributed by atoms with E-state index < -0.39 is 21.4 Å². The van der Waals surface area contributed by atoms with Gasteiger partial charge in [-0.15, -0.1) is 0 Å². The van der Waals surface area contributed by atoms with Gasteiger partial charge in [0.1, 0.15) is 0 Å². The number of hydrogen-bond donors (Lipinski definition) is 0. The topological polar surface area (TPSA) is 84.0 Å². The van der Waals surface area contributed by atoms with Crippen LogP contribution >= 0.6 is 0 Å². The minimum Gasteiger partial charge on any atom is -0.466 e. The number of fused-ring (bicyclic) bond motifs is 2. The van der Waals surface area contributed by atoms with Crippen LogP contribution in [0.4, 0.5) is 5.69 Å². The Hall–Kier alpha value is -3.13. The lowest BCUT2D eigenvalue weighted by molar-refractivity contribution is -0.142. The first kappa shape index (κ1) is 23.0. The average Bonchev–Trinajstić information content (AvgIpc) is 2.91. The third-order valence-corrected chi connectivity index (χ3v) is 8.35. The largest absolute Gasteiger partial charge is 0.466 e. The zero-order valence-corrected chi connectivity index (χ0v) is 19.9. The quantitative estimate of drug-likeness (QED) is 0.627. The maximum Gasteiger partial charge on any atom is 0.311 e. The van der Waals surface area contributed by atoms with Gasteiger partial charge in [-0.05, 0) is 50.5 Å². The molecule has 2 aromatic rings. The van der Waals surface area contributed by atoms with Gasteiger partial charge < -0.3 is 9.64 Å². The number of para-hydroxylation sites is 1. The van der Waals surface area contributed by atoms with Crippen molar-refractivity contribution in [1.29, 1.82) is 0 Å². The Morgan fingerprint density at radius 2 is 1.82 bits per heavy atom. The molecule has 7 nitrogen and oxygen atoms in total. The highest BCUT2D eigenvalue weighted by Crippen LogP contribution is 2.48. The Morgan fingerprint density at radius 1 is 1.12 bits per heavy atom. The molecule has 4 rings (SSSR count). The number of rotatable bonds is 5. The number of carbonyl (C=O) groups is 2. The average molecular weight is 469 g/mol. The van der Waals surface area contributed by atoms with Gasteiger partial charge >= 0.3 is 5.97 Å². The highest BCUT2D eigenvalue weighted by molar-refractivity contribution is 7.89. The fraction of sp³-hybridized carbons (Fsp3) is 0.360. The molecule has 0 fully saturated rings. The van der Waals surface area contributed by atoms with Gasteiger partial charge in [-0.25, -0.2) is 8.42 Å². The van der Waals surface area contributed by atoms with E-state index in [0.717, 1.165) is 16.8 Å². The number of sulfonamides is 1. The predicted octanol–water partition coefficient (Wildman–Crippen LogP) is 3.53. The van der Waals surface area contributed by atoms with Gasteiger partial charge in [-0.2, -0.15) is 0 Å². The van der Waals surface area contributed by atoms with Crippen LogP contribution in [0.1, 0.15) is 37.3 Å². The van der Waals surface area contributed by atoms with E-state index in [0.29, 0.717) is 18.5 Å². The van der Waals surface area contributed by atoms with Crippen LogP contribution in [-0.4, -0.2) is 44.8 Å². The summed E-state index contributed by atoms with van der Waals surface area (Å²) >= 11 is 0. The van der Waals surface area contributed by atoms with Crippen molar-refractivity contribution < 1.29 is 22.7 Å². The molecule has 2 aliphatic rings. The van der Waals surface area contributed by atoms with Crippen LogP contribution in [0.15, 0.2) is 65.2 Å². The van der Waals surface area contributed by atoms with Gasteiger partial charge in [-0.1, -0.05) is 42.0 Å². The Balaban J connectivity index is 1.78. The van der Waals surface area contributed by atoms with Crippen molar-refractivity contribution in [3.05, 3.63) is 71.4 Å². The lowest BCUT2D eigenvalue weighted by atomic mass is 9.76. The second-order valence-electron chi connectivity index (χ2n) is 8.49. The molecule has 0 radical (unpaired) electrons. The number of aryl methyl sites for hydroxylation is 1. The number of carbonyl (C=O) groups excluding carboxylic acids is 2. The summed E-state index contributed by atoms with van der Waals surface area (Å²) < 4.78 is 33.6. The first-order valence-corrected chi connectivity index (χ1v) is 12.5. The molecular formula is C25H28N2O5S. The molecule has 0 aromatic heterocycles. The number of esters is 1. The van der Waals surface area contributed by atoms with Crippen LogP contribution < -0.4 is 4.90 Å².